The van der Waals surface area contributed by atoms with Crippen LogP contribution in [0.2, 0.25) is 0 Å². The molecule has 2 aromatic rings. The first-order chi connectivity index (χ1) is 11.5. The second-order valence-corrected chi connectivity index (χ2v) is 5.74. The zero-order chi connectivity index (χ0) is 17.5. The Hall–Kier alpha value is -2.74. The molecule has 8 heteroatoms. The standard InChI is InChI=1S/C16H14BrN3O4/c17-12-7-5-11(6-8-12)13(9-10-16(21)22)18-19-14-3-1-2-4-15(14)20(23)24/h1-8,19H,9-10H2,(H,21,22)/p-1/b18-13-. The molecule has 0 radical (unpaired) electrons. The third kappa shape index (κ3) is 4.88. The number of anilines is 1. The van der Waals surface area contributed by atoms with Gasteiger partial charge in [-0.05, 0) is 36.6 Å². The van der Waals surface area contributed by atoms with Crippen molar-refractivity contribution < 1.29 is 14.8 Å². The number of rotatable bonds is 7. The van der Waals surface area contributed by atoms with Crippen LogP contribution in [0, 0.1) is 10.1 Å². The highest BCUT2D eigenvalue weighted by molar-refractivity contribution is 9.10. The van der Waals surface area contributed by atoms with E-state index in [0.717, 1.165) is 4.47 Å². The molecule has 1 N–H and O–H groups in total. The lowest BCUT2D eigenvalue weighted by atomic mass is 10.1. The molecule has 124 valence electrons. The molecule has 2 aromatic carbocycles. The summed E-state index contributed by atoms with van der Waals surface area (Å²) in [5.41, 5.74) is 3.94. The molecule has 0 aliphatic heterocycles. The van der Waals surface area contributed by atoms with Crippen LogP contribution >= 0.6 is 15.9 Å². The lowest BCUT2D eigenvalue weighted by molar-refractivity contribution is -0.384. The number of carboxylic acids is 1. The van der Waals surface area contributed by atoms with Gasteiger partial charge in [-0.25, -0.2) is 0 Å². The molecular formula is C16H13BrN3O4-. The molecule has 0 aliphatic carbocycles. The Morgan fingerprint density at radius 2 is 1.79 bits per heavy atom. The number of hydrazone groups is 1. The van der Waals surface area contributed by atoms with E-state index in [9.17, 15) is 20.0 Å². The summed E-state index contributed by atoms with van der Waals surface area (Å²) in [5.74, 6) is -1.19. The summed E-state index contributed by atoms with van der Waals surface area (Å²) in [6.45, 7) is 0. The number of hydrogen-bond acceptors (Lipinski definition) is 6. The van der Waals surface area contributed by atoms with E-state index in [1.807, 2.05) is 0 Å². The van der Waals surface area contributed by atoms with Crippen LogP contribution in [-0.4, -0.2) is 16.6 Å². The van der Waals surface area contributed by atoms with Gasteiger partial charge in [-0.15, -0.1) is 0 Å². The molecule has 0 saturated heterocycles. The fourth-order valence-electron chi connectivity index (χ4n) is 1.98. The fraction of sp³-hybridized carbons (Fsp3) is 0.125. The molecular weight excluding hydrogens is 378 g/mol. The van der Waals surface area contributed by atoms with Crippen molar-refractivity contribution in [3.63, 3.8) is 0 Å². The molecule has 0 unspecified atom stereocenters. The van der Waals surface area contributed by atoms with Gasteiger partial charge in [0.2, 0.25) is 0 Å². The van der Waals surface area contributed by atoms with E-state index in [0.29, 0.717) is 11.3 Å². The van der Waals surface area contributed by atoms with E-state index in [-0.39, 0.29) is 24.2 Å². The number of nitro benzene ring substituents is 1. The van der Waals surface area contributed by atoms with Crippen LogP contribution in [0.5, 0.6) is 0 Å². The van der Waals surface area contributed by atoms with Crippen molar-refractivity contribution in [1.29, 1.82) is 0 Å². The Morgan fingerprint density at radius 1 is 1.12 bits per heavy atom. The van der Waals surface area contributed by atoms with E-state index >= 15 is 0 Å². The monoisotopic (exact) mass is 390 g/mol. The zero-order valence-corrected chi connectivity index (χ0v) is 14.0. The van der Waals surface area contributed by atoms with Crippen LogP contribution in [0.1, 0.15) is 18.4 Å². The number of nitrogens with zero attached hydrogens (tertiary/aromatic N) is 2. The largest absolute Gasteiger partial charge is 0.550 e. The third-order valence-corrected chi connectivity index (χ3v) is 3.68. The highest BCUT2D eigenvalue weighted by Crippen LogP contribution is 2.23. The van der Waals surface area contributed by atoms with Crippen LogP contribution in [0.15, 0.2) is 58.1 Å². The lowest BCUT2D eigenvalue weighted by Gasteiger charge is -2.09. The minimum atomic E-state index is -1.19. The number of benzene rings is 2. The normalized spacial score (nSPS) is 11.1. The Kier molecular flexibility index (Phi) is 6.02. The van der Waals surface area contributed by atoms with Crippen molar-refractivity contribution in [2.45, 2.75) is 12.8 Å². The smallest absolute Gasteiger partial charge is 0.294 e. The fourth-order valence-corrected chi connectivity index (χ4v) is 2.25. The molecule has 7 nitrogen and oxygen atoms in total. The summed E-state index contributed by atoms with van der Waals surface area (Å²) in [4.78, 5) is 21.2. The van der Waals surface area contributed by atoms with Crippen LogP contribution in [0.4, 0.5) is 11.4 Å². The van der Waals surface area contributed by atoms with E-state index in [1.54, 1.807) is 36.4 Å². The zero-order valence-electron chi connectivity index (χ0n) is 12.4. The topological polar surface area (TPSA) is 108 Å². The molecule has 2 rings (SSSR count). The Balaban J connectivity index is 2.29. The Bertz CT molecular complexity index is 775. The second-order valence-electron chi connectivity index (χ2n) is 4.82. The maximum atomic E-state index is 11.0. The van der Waals surface area contributed by atoms with Crippen molar-refractivity contribution in [3.8, 4) is 0 Å². The van der Waals surface area contributed by atoms with E-state index in [1.165, 1.54) is 12.1 Å². The van der Waals surface area contributed by atoms with E-state index in [4.69, 9.17) is 0 Å². The highest BCUT2D eigenvalue weighted by atomic mass is 79.9. The van der Waals surface area contributed by atoms with Crippen LogP contribution in [-0.2, 0) is 4.79 Å². The minimum absolute atomic E-state index is 0.115. The second kappa shape index (κ2) is 8.21. The first-order valence-corrected chi connectivity index (χ1v) is 7.78. The number of carbonyl (C=O) groups excluding carboxylic acids is 1. The van der Waals surface area contributed by atoms with Gasteiger partial charge in [0, 0.05) is 16.5 Å². The van der Waals surface area contributed by atoms with Gasteiger partial charge in [0.25, 0.3) is 5.69 Å². The first kappa shape index (κ1) is 17.6. The van der Waals surface area contributed by atoms with Crippen LogP contribution in [0.3, 0.4) is 0 Å². The van der Waals surface area contributed by atoms with Gasteiger partial charge in [0.15, 0.2) is 0 Å². The van der Waals surface area contributed by atoms with Crippen molar-refractivity contribution in [1.82, 2.24) is 0 Å². The van der Waals surface area contributed by atoms with Gasteiger partial charge in [0.1, 0.15) is 5.69 Å². The first-order valence-electron chi connectivity index (χ1n) is 6.99. The number of carboxylic acid groups (broad SMARTS) is 1. The van der Waals surface area contributed by atoms with Crippen molar-refractivity contribution in [2.24, 2.45) is 5.10 Å². The van der Waals surface area contributed by atoms with Gasteiger partial charge < -0.3 is 9.90 Å². The maximum Gasteiger partial charge on any atom is 0.294 e. The minimum Gasteiger partial charge on any atom is -0.550 e. The Labute approximate surface area is 146 Å². The molecule has 0 spiro atoms. The van der Waals surface area contributed by atoms with Gasteiger partial charge in [0.05, 0.1) is 10.6 Å². The summed E-state index contributed by atoms with van der Waals surface area (Å²) in [6, 6.07) is 13.2. The Morgan fingerprint density at radius 3 is 2.42 bits per heavy atom. The summed E-state index contributed by atoms with van der Waals surface area (Å²) < 4.78 is 0.872. The molecule has 0 fully saturated rings. The van der Waals surface area contributed by atoms with Crippen LogP contribution < -0.4 is 10.5 Å². The third-order valence-electron chi connectivity index (χ3n) is 3.16. The highest BCUT2D eigenvalue weighted by Gasteiger charge is 2.12. The molecule has 24 heavy (non-hydrogen) atoms. The van der Waals surface area contributed by atoms with E-state index in [2.05, 4.69) is 26.5 Å². The summed E-state index contributed by atoms with van der Waals surface area (Å²) in [7, 11) is 0. The average molecular weight is 391 g/mol. The lowest BCUT2D eigenvalue weighted by Crippen LogP contribution is -2.23. The quantitative estimate of drug-likeness (QED) is 0.444. The SMILES string of the molecule is O=C([O-])CC/C(=N/Nc1ccccc1[N+](=O)[O-])c1ccc(Br)cc1. The summed E-state index contributed by atoms with van der Waals surface area (Å²) in [6.07, 6.45) is -0.0644. The molecule has 0 bridgehead atoms. The van der Waals surface area contributed by atoms with Crippen LogP contribution in [0.25, 0.3) is 0 Å². The van der Waals surface area contributed by atoms with Gasteiger partial charge in [-0.3, -0.25) is 15.5 Å². The van der Waals surface area contributed by atoms with Crippen molar-refractivity contribution >= 4 is 39.0 Å². The van der Waals surface area contributed by atoms with E-state index < -0.39 is 10.9 Å². The molecule has 0 heterocycles. The number of hydrogen-bond donors (Lipinski definition) is 1. The summed E-state index contributed by atoms with van der Waals surface area (Å²) >= 11 is 3.32. The van der Waals surface area contributed by atoms with Gasteiger partial charge in [-0.1, -0.05) is 40.2 Å². The molecule has 0 amide bonds. The molecule has 0 atom stereocenters. The van der Waals surface area contributed by atoms with Gasteiger partial charge in [-0.2, -0.15) is 5.10 Å². The number of nitro groups is 1. The maximum absolute atomic E-state index is 11.0. The number of para-hydroxylation sites is 2. The average Bonchev–Trinajstić information content (AvgIpc) is 2.56. The number of nitrogens with one attached hydrogen (secondary N) is 1. The summed E-state index contributed by atoms with van der Waals surface area (Å²) in [5, 5.41) is 25.9. The molecule has 0 aliphatic rings. The number of aliphatic carboxylic acids is 1. The predicted molar refractivity (Wildman–Crippen MR) is 91.6 cm³/mol. The van der Waals surface area contributed by atoms with Crippen molar-refractivity contribution in [2.75, 3.05) is 5.43 Å². The predicted octanol–water partition coefficient (Wildman–Crippen LogP) is 2.70. The van der Waals surface area contributed by atoms with Crippen molar-refractivity contribution in [3.05, 3.63) is 68.7 Å². The molecule has 0 aromatic heterocycles. The number of halogens is 1. The number of carbonyl (C=O) groups is 1. The van der Waals surface area contributed by atoms with Gasteiger partial charge >= 0.3 is 0 Å². The molecule has 0 saturated carbocycles.